The fraction of sp³-hybridized carbons (Fsp3) is 0.640. The highest BCUT2D eigenvalue weighted by Crippen LogP contribution is 2.57. The van der Waals surface area contributed by atoms with Gasteiger partial charge in [-0.3, -0.25) is 9.59 Å². The van der Waals surface area contributed by atoms with Gasteiger partial charge in [0, 0.05) is 62.3 Å². The van der Waals surface area contributed by atoms with Gasteiger partial charge in [0.2, 0.25) is 5.91 Å². The summed E-state index contributed by atoms with van der Waals surface area (Å²) in [6.45, 7) is 9.63. The molecule has 1 aromatic carbocycles. The molecule has 2 amide bonds. The molecule has 200 valence electrons. The lowest BCUT2D eigenvalue weighted by molar-refractivity contribution is -0.192. The maximum atomic E-state index is 13.3. The van der Waals surface area contributed by atoms with E-state index in [9.17, 15) is 22.8 Å². The van der Waals surface area contributed by atoms with E-state index in [1.807, 2.05) is 29.0 Å². The number of aliphatic carboxylic acids is 1. The molecule has 0 bridgehead atoms. The molecule has 3 aliphatic heterocycles. The highest BCUT2D eigenvalue weighted by Gasteiger charge is 2.64. The molecular formula is C25H33ClF3N3O4. The van der Waals surface area contributed by atoms with Crippen LogP contribution >= 0.6 is 11.6 Å². The van der Waals surface area contributed by atoms with Crippen molar-refractivity contribution in [1.29, 1.82) is 0 Å². The SMILES string of the molecule is CC(C)CN1CC2(CCN(C(=O)c3cccc(Cl)c3)CC2)C2(CCN(C)C2=O)C1.O=C(O)C(F)(F)F. The van der Waals surface area contributed by atoms with Gasteiger partial charge in [-0.2, -0.15) is 13.2 Å². The zero-order valence-electron chi connectivity index (χ0n) is 20.8. The third-order valence-electron chi connectivity index (χ3n) is 7.61. The van der Waals surface area contributed by atoms with Gasteiger partial charge in [-0.15, -0.1) is 0 Å². The topological polar surface area (TPSA) is 81.2 Å². The average molecular weight is 532 g/mol. The lowest BCUT2D eigenvalue weighted by atomic mass is 9.60. The monoisotopic (exact) mass is 531 g/mol. The highest BCUT2D eigenvalue weighted by molar-refractivity contribution is 6.30. The van der Waals surface area contributed by atoms with Crippen molar-refractivity contribution in [2.75, 3.05) is 46.3 Å². The van der Waals surface area contributed by atoms with Crippen LogP contribution in [0.5, 0.6) is 0 Å². The van der Waals surface area contributed by atoms with Crippen LogP contribution < -0.4 is 0 Å². The summed E-state index contributed by atoms with van der Waals surface area (Å²) in [7, 11) is 1.94. The number of fused-ring (bicyclic) bond motifs is 1. The minimum atomic E-state index is -5.08. The molecule has 36 heavy (non-hydrogen) atoms. The molecule has 3 saturated heterocycles. The van der Waals surface area contributed by atoms with Crippen molar-refractivity contribution in [2.24, 2.45) is 16.7 Å². The maximum absolute atomic E-state index is 13.3. The number of carbonyl (C=O) groups is 3. The van der Waals surface area contributed by atoms with Gasteiger partial charge in [-0.25, -0.2) is 4.79 Å². The number of likely N-dealkylation sites (tertiary alicyclic amines) is 3. The lowest BCUT2D eigenvalue weighted by Crippen LogP contribution is -2.53. The van der Waals surface area contributed by atoms with Crippen LogP contribution in [0.15, 0.2) is 24.3 Å². The van der Waals surface area contributed by atoms with Gasteiger partial charge < -0.3 is 19.8 Å². The summed E-state index contributed by atoms with van der Waals surface area (Å²) in [6.07, 6.45) is -2.35. The van der Waals surface area contributed by atoms with Gasteiger partial charge in [-0.1, -0.05) is 31.5 Å². The first-order chi connectivity index (χ1) is 16.7. The van der Waals surface area contributed by atoms with Crippen LogP contribution in [-0.4, -0.2) is 90.1 Å². The average Bonchev–Trinajstić information content (AvgIpc) is 3.24. The molecule has 1 aromatic rings. The number of halogens is 4. The molecule has 1 N–H and O–H groups in total. The molecule has 0 aromatic heterocycles. The Balaban J connectivity index is 0.000000454. The Kier molecular flexibility index (Phi) is 8.30. The van der Waals surface area contributed by atoms with E-state index in [1.54, 1.807) is 12.1 Å². The van der Waals surface area contributed by atoms with Crippen molar-refractivity contribution in [3.8, 4) is 0 Å². The summed E-state index contributed by atoms with van der Waals surface area (Å²) in [5.41, 5.74) is 0.351. The molecule has 7 nitrogen and oxygen atoms in total. The lowest BCUT2D eigenvalue weighted by Gasteiger charge is -2.47. The van der Waals surface area contributed by atoms with Gasteiger partial charge in [0.05, 0.1) is 5.41 Å². The van der Waals surface area contributed by atoms with Crippen LogP contribution in [0.2, 0.25) is 5.02 Å². The molecule has 4 rings (SSSR count). The molecule has 3 fully saturated rings. The number of rotatable bonds is 3. The second-order valence-electron chi connectivity index (χ2n) is 10.5. The second-order valence-corrected chi connectivity index (χ2v) is 10.9. The van der Waals surface area contributed by atoms with Crippen LogP contribution in [-0.2, 0) is 9.59 Å². The molecule has 2 spiro atoms. The molecule has 11 heteroatoms. The minimum absolute atomic E-state index is 0.0190. The van der Waals surface area contributed by atoms with Crippen molar-refractivity contribution < 1.29 is 32.7 Å². The Labute approximate surface area is 214 Å². The maximum Gasteiger partial charge on any atom is 0.490 e. The number of alkyl halides is 3. The smallest absolute Gasteiger partial charge is 0.475 e. The highest BCUT2D eigenvalue weighted by atomic mass is 35.5. The number of amides is 2. The fourth-order valence-corrected chi connectivity index (χ4v) is 6.17. The first-order valence-corrected chi connectivity index (χ1v) is 12.4. The van der Waals surface area contributed by atoms with Gasteiger partial charge in [-0.05, 0) is 43.4 Å². The van der Waals surface area contributed by atoms with Crippen molar-refractivity contribution in [1.82, 2.24) is 14.7 Å². The molecular weight excluding hydrogens is 499 g/mol. The summed E-state index contributed by atoms with van der Waals surface area (Å²) < 4.78 is 31.7. The van der Waals surface area contributed by atoms with Crippen LogP contribution in [0.1, 0.15) is 43.5 Å². The summed E-state index contributed by atoms with van der Waals surface area (Å²) >= 11 is 6.08. The molecule has 1 atom stereocenters. The van der Waals surface area contributed by atoms with E-state index in [-0.39, 0.29) is 16.7 Å². The zero-order chi connectivity index (χ0) is 26.9. The molecule has 0 aliphatic carbocycles. The van der Waals surface area contributed by atoms with E-state index in [1.165, 1.54) is 0 Å². The third-order valence-corrected chi connectivity index (χ3v) is 7.85. The summed E-state index contributed by atoms with van der Waals surface area (Å²) in [4.78, 5) is 41.6. The van der Waals surface area contributed by atoms with E-state index in [0.717, 1.165) is 45.4 Å². The van der Waals surface area contributed by atoms with E-state index < -0.39 is 12.1 Å². The van der Waals surface area contributed by atoms with Crippen molar-refractivity contribution in [3.63, 3.8) is 0 Å². The van der Waals surface area contributed by atoms with Crippen LogP contribution in [0.4, 0.5) is 13.2 Å². The van der Waals surface area contributed by atoms with Gasteiger partial charge in [0.15, 0.2) is 0 Å². The van der Waals surface area contributed by atoms with Crippen LogP contribution in [0.25, 0.3) is 0 Å². The summed E-state index contributed by atoms with van der Waals surface area (Å²) in [5.74, 6) is -1.81. The first kappa shape index (κ1) is 28.2. The predicted molar refractivity (Wildman–Crippen MR) is 129 cm³/mol. The number of carbonyl (C=O) groups excluding carboxylic acids is 2. The van der Waals surface area contributed by atoms with Crippen LogP contribution in [0.3, 0.4) is 0 Å². The fourth-order valence-electron chi connectivity index (χ4n) is 5.98. The van der Waals surface area contributed by atoms with E-state index in [2.05, 4.69) is 18.7 Å². The van der Waals surface area contributed by atoms with Gasteiger partial charge in [0.25, 0.3) is 5.91 Å². The Morgan fingerprint density at radius 2 is 1.72 bits per heavy atom. The standard InChI is InChI=1S/C23H32ClN3O2.C2HF3O2/c1-17(2)14-26-15-22(23(16-26)9-10-25(3)21(23)29)7-11-27(12-8-22)20(28)18-5-4-6-19(24)13-18;3-2(4,5)1(6)7/h4-6,13,17H,7-12,14-16H2,1-3H3;(H,6,7). The number of hydrogen-bond acceptors (Lipinski definition) is 4. The number of carboxylic acids is 1. The van der Waals surface area contributed by atoms with Crippen molar-refractivity contribution >= 4 is 29.4 Å². The van der Waals surface area contributed by atoms with Crippen molar-refractivity contribution in [3.05, 3.63) is 34.9 Å². The van der Waals surface area contributed by atoms with Crippen LogP contribution in [0, 0.1) is 16.7 Å². The first-order valence-electron chi connectivity index (χ1n) is 12.0. The normalized spacial score (nSPS) is 23.9. The number of nitrogens with zero attached hydrogens (tertiary/aromatic N) is 3. The molecule has 3 heterocycles. The van der Waals surface area contributed by atoms with Gasteiger partial charge in [0.1, 0.15) is 0 Å². The minimum Gasteiger partial charge on any atom is -0.475 e. The molecule has 1 unspecified atom stereocenters. The molecule has 0 saturated carbocycles. The number of hydrogen-bond donors (Lipinski definition) is 1. The Hall–Kier alpha value is -2.33. The van der Waals surface area contributed by atoms with E-state index in [0.29, 0.717) is 35.5 Å². The Morgan fingerprint density at radius 1 is 1.11 bits per heavy atom. The molecule has 0 radical (unpaired) electrons. The van der Waals surface area contributed by atoms with Gasteiger partial charge >= 0.3 is 12.1 Å². The summed E-state index contributed by atoms with van der Waals surface area (Å²) in [6, 6.07) is 7.18. The summed E-state index contributed by atoms with van der Waals surface area (Å²) in [5, 5.41) is 7.71. The number of benzene rings is 1. The largest absolute Gasteiger partial charge is 0.490 e. The Morgan fingerprint density at radius 3 is 2.19 bits per heavy atom. The van der Waals surface area contributed by atoms with Crippen molar-refractivity contribution in [2.45, 2.75) is 39.3 Å². The number of piperidine rings is 1. The molecule has 3 aliphatic rings. The quantitative estimate of drug-likeness (QED) is 0.637. The zero-order valence-corrected chi connectivity index (χ0v) is 21.5. The Bertz CT molecular complexity index is 995. The predicted octanol–water partition coefficient (Wildman–Crippen LogP) is 4.02. The number of carboxylic acid groups (broad SMARTS) is 1. The van der Waals surface area contributed by atoms with E-state index >= 15 is 0 Å². The third kappa shape index (κ3) is 5.64. The second kappa shape index (κ2) is 10.6. The van der Waals surface area contributed by atoms with E-state index in [4.69, 9.17) is 21.5 Å².